The van der Waals surface area contributed by atoms with Crippen molar-refractivity contribution in [2.45, 2.75) is 32.0 Å². The summed E-state index contributed by atoms with van der Waals surface area (Å²) in [4.78, 5) is 0. The molecule has 4 heteroatoms. The highest BCUT2D eigenvalue weighted by Gasteiger charge is 2.29. The van der Waals surface area contributed by atoms with E-state index < -0.39 is 6.10 Å². The van der Waals surface area contributed by atoms with E-state index in [1.807, 2.05) is 6.92 Å². The number of hydrogen-bond donors (Lipinski definition) is 1. The first-order valence-corrected chi connectivity index (χ1v) is 6.18. The molecule has 17 heavy (non-hydrogen) atoms. The molecule has 1 aliphatic heterocycles. The van der Waals surface area contributed by atoms with Gasteiger partial charge in [0.15, 0.2) is 0 Å². The predicted molar refractivity (Wildman–Crippen MR) is 64.6 cm³/mol. The van der Waals surface area contributed by atoms with Crippen LogP contribution in [0, 0.1) is 11.7 Å². The second kappa shape index (κ2) is 5.34. The second-order valence-electron chi connectivity index (χ2n) is 4.61. The van der Waals surface area contributed by atoms with Crippen molar-refractivity contribution >= 4 is 11.6 Å². The summed E-state index contributed by atoms with van der Waals surface area (Å²) < 4.78 is 18.9. The van der Waals surface area contributed by atoms with Crippen LogP contribution < -0.4 is 0 Å². The molecule has 0 aliphatic carbocycles. The first kappa shape index (κ1) is 12.8. The Labute approximate surface area is 105 Å². The van der Waals surface area contributed by atoms with Gasteiger partial charge < -0.3 is 9.84 Å². The first-order valence-electron chi connectivity index (χ1n) is 5.80. The molecule has 3 atom stereocenters. The van der Waals surface area contributed by atoms with E-state index in [0.29, 0.717) is 17.2 Å². The van der Waals surface area contributed by atoms with Crippen LogP contribution in [0.1, 0.15) is 18.9 Å². The van der Waals surface area contributed by atoms with Crippen LogP contribution in [-0.2, 0) is 11.2 Å². The fourth-order valence-corrected chi connectivity index (χ4v) is 2.46. The van der Waals surface area contributed by atoms with E-state index in [1.165, 1.54) is 6.07 Å². The highest BCUT2D eigenvalue weighted by Crippen LogP contribution is 2.27. The first-order chi connectivity index (χ1) is 8.08. The molecule has 1 fully saturated rings. The average Bonchev–Trinajstić information content (AvgIpc) is 2.70. The molecule has 1 aliphatic rings. The van der Waals surface area contributed by atoms with E-state index in [-0.39, 0.29) is 24.3 Å². The van der Waals surface area contributed by atoms with Crippen molar-refractivity contribution in [3.05, 3.63) is 34.6 Å². The van der Waals surface area contributed by atoms with Crippen LogP contribution in [0.3, 0.4) is 0 Å². The van der Waals surface area contributed by atoms with Crippen molar-refractivity contribution in [1.82, 2.24) is 0 Å². The van der Waals surface area contributed by atoms with Crippen LogP contribution in [0.5, 0.6) is 0 Å². The number of benzene rings is 1. The van der Waals surface area contributed by atoms with Gasteiger partial charge in [-0.25, -0.2) is 4.39 Å². The van der Waals surface area contributed by atoms with Crippen molar-refractivity contribution in [2.75, 3.05) is 6.61 Å². The molecular weight excluding hydrogens is 243 g/mol. The van der Waals surface area contributed by atoms with E-state index >= 15 is 0 Å². The molecule has 0 saturated carbocycles. The quantitative estimate of drug-likeness (QED) is 0.903. The monoisotopic (exact) mass is 258 g/mol. The summed E-state index contributed by atoms with van der Waals surface area (Å²) in [6, 6.07) is 4.57. The Morgan fingerprint density at radius 1 is 1.59 bits per heavy atom. The van der Waals surface area contributed by atoms with Crippen molar-refractivity contribution in [1.29, 1.82) is 0 Å². The normalized spacial score (nSPS) is 26.1. The molecule has 3 unspecified atom stereocenters. The zero-order chi connectivity index (χ0) is 12.4. The summed E-state index contributed by atoms with van der Waals surface area (Å²) in [5, 5.41) is 10.4. The topological polar surface area (TPSA) is 29.5 Å². The summed E-state index contributed by atoms with van der Waals surface area (Å²) in [5.74, 6) is -0.288. The summed E-state index contributed by atoms with van der Waals surface area (Å²) in [5.41, 5.74) is 0.390. The lowest BCUT2D eigenvalue weighted by Gasteiger charge is -2.17. The molecule has 1 aromatic carbocycles. The van der Waals surface area contributed by atoms with Gasteiger partial charge >= 0.3 is 0 Å². The Morgan fingerprint density at radius 3 is 2.94 bits per heavy atom. The SMILES string of the molecule is CC1CC(C(O)Cc2c(F)cccc2Cl)CO1. The zero-order valence-electron chi connectivity index (χ0n) is 9.70. The average molecular weight is 259 g/mol. The molecule has 0 radical (unpaired) electrons. The summed E-state index contributed by atoms with van der Waals surface area (Å²) in [6.07, 6.45) is 0.625. The van der Waals surface area contributed by atoms with E-state index in [9.17, 15) is 9.50 Å². The highest BCUT2D eigenvalue weighted by molar-refractivity contribution is 6.31. The van der Waals surface area contributed by atoms with E-state index in [2.05, 4.69) is 0 Å². The third-order valence-corrected chi connectivity index (χ3v) is 3.60. The number of halogens is 2. The van der Waals surface area contributed by atoms with Gasteiger partial charge in [0, 0.05) is 22.9 Å². The fraction of sp³-hybridized carbons (Fsp3) is 0.538. The lowest BCUT2D eigenvalue weighted by atomic mass is 9.94. The number of rotatable bonds is 3. The predicted octanol–water partition coefficient (Wildman–Crippen LogP) is 2.81. The third-order valence-electron chi connectivity index (χ3n) is 3.25. The number of aliphatic hydroxyl groups is 1. The van der Waals surface area contributed by atoms with Gasteiger partial charge in [-0.1, -0.05) is 17.7 Å². The van der Waals surface area contributed by atoms with Crippen LogP contribution in [0.25, 0.3) is 0 Å². The minimum absolute atomic E-state index is 0.0701. The summed E-state index contributed by atoms with van der Waals surface area (Å²) in [7, 11) is 0. The molecular formula is C13H16ClFO2. The van der Waals surface area contributed by atoms with Gasteiger partial charge in [-0.05, 0) is 25.5 Å². The van der Waals surface area contributed by atoms with Gasteiger partial charge in [0.05, 0.1) is 18.8 Å². The molecule has 2 rings (SSSR count). The molecule has 1 aromatic rings. The van der Waals surface area contributed by atoms with Crippen molar-refractivity contribution in [3.63, 3.8) is 0 Å². The molecule has 1 N–H and O–H groups in total. The Bertz CT molecular complexity index is 377. The largest absolute Gasteiger partial charge is 0.392 e. The van der Waals surface area contributed by atoms with Crippen LogP contribution in [0.2, 0.25) is 5.02 Å². The van der Waals surface area contributed by atoms with Gasteiger partial charge in [0.2, 0.25) is 0 Å². The standard InChI is InChI=1S/C13H16ClFO2/c1-8-5-9(7-17-8)13(16)6-10-11(14)3-2-4-12(10)15/h2-4,8-9,13,16H,5-7H2,1H3. The lowest BCUT2D eigenvalue weighted by Crippen LogP contribution is -2.23. The van der Waals surface area contributed by atoms with Crippen LogP contribution in [0.15, 0.2) is 18.2 Å². The van der Waals surface area contributed by atoms with Gasteiger partial charge in [-0.3, -0.25) is 0 Å². The lowest BCUT2D eigenvalue weighted by molar-refractivity contribution is 0.0802. The van der Waals surface area contributed by atoms with Crippen LogP contribution >= 0.6 is 11.6 Å². The maximum Gasteiger partial charge on any atom is 0.127 e. The Morgan fingerprint density at radius 2 is 2.35 bits per heavy atom. The molecule has 0 amide bonds. The maximum absolute atomic E-state index is 13.5. The second-order valence-corrected chi connectivity index (χ2v) is 5.02. The third kappa shape index (κ3) is 2.97. The minimum atomic E-state index is -0.602. The molecule has 1 saturated heterocycles. The van der Waals surface area contributed by atoms with Gasteiger partial charge in [-0.15, -0.1) is 0 Å². The van der Waals surface area contributed by atoms with Gasteiger partial charge in [0.1, 0.15) is 5.82 Å². The van der Waals surface area contributed by atoms with Crippen molar-refractivity contribution in [3.8, 4) is 0 Å². The molecule has 2 nitrogen and oxygen atoms in total. The van der Waals surface area contributed by atoms with Crippen molar-refractivity contribution < 1.29 is 14.2 Å². The summed E-state index contributed by atoms with van der Waals surface area (Å²) in [6.45, 7) is 2.51. The van der Waals surface area contributed by atoms with Crippen LogP contribution in [-0.4, -0.2) is 23.9 Å². The smallest absolute Gasteiger partial charge is 0.127 e. The molecule has 1 heterocycles. The Balaban J connectivity index is 2.05. The number of hydrogen-bond acceptors (Lipinski definition) is 2. The number of aliphatic hydroxyl groups excluding tert-OH is 1. The minimum Gasteiger partial charge on any atom is -0.392 e. The summed E-state index contributed by atoms with van der Waals surface area (Å²) >= 11 is 5.93. The number of ether oxygens (including phenoxy) is 1. The fourth-order valence-electron chi connectivity index (χ4n) is 2.22. The van der Waals surface area contributed by atoms with E-state index in [4.69, 9.17) is 16.3 Å². The van der Waals surface area contributed by atoms with E-state index in [0.717, 1.165) is 6.42 Å². The molecule has 0 bridgehead atoms. The Kier molecular flexibility index (Phi) is 4.02. The molecule has 94 valence electrons. The zero-order valence-corrected chi connectivity index (χ0v) is 10.5. The highest BCUT2D eigenvalue weighted by atomic mass is 35.5. The maximum atomic E-state index is 13.5. The van der Waals surface area contributed by atoms with Gasteiger partial charge in [-0.2, -0.15) is 0 Å². The van der Waals surface area contributed by atoms with Gasteiger partial charge in [0.25, 0.3) is 0 Å². The molecule has 0 aromatic heterocycles. The van der Waals surface area contributed by atoms with Crippen LogP contribution in [0.4, 0.5) is 4.39 Å². The van der Waals surface area contributed by atoms with Crippen molar-refractivity contribution in [2.24, 2.45) is 5.92 Å². The Hall–Kier alpha value is -0.640. The molecule has 0 spiro atoms. The van der Waals surface area contributed by atoms with E-state index in [1.54, 1.807) is 12.1 Å².